The minimum absolute atomic E-state index is 0.424. The zero-order valence-corrected chi connectivity index (χ0v) is 13.5. The fourth-order valence-corrected chi connectivity index (χ4v) is 3.65. The topological polar surface area (TPSA) is 23.5 Å². The Hall–Kier alpha value is -0.540. The first-order chi connectivity index (χ1) is 9.08. The molecule has 1 saturated carbocycles. The molecule has 1 aliphatic carbocycles. The fraction of sp³-hybridized carbons (Fsp3) is 0.625. The molecule has 0 heterocycles. The predicted molar refractivity (Wildman–Crippen MR) is 84.6 cm³/mol. The molecule has 106 valence electrons. The maximum absolute atomic E-state index is 9.65. The summed E-state index contributed by atoms with van der Waals surface area (Å²) in [5.41, 5.74) is 2.18. The highest BCUT2D eigenvalue weighted by molar-refractivity contribution is 9.10. The minimum Gasteiger partial charge on any atom is -0.389 e. The lowest BCUT2D eigenvalue weighted by molar-refractivity contribution is 0.198. The van der Waals surface area contributed by atoms with Crippen molar-refractivity contribution in [3.05, 3.63) is 28.2 Å². The molecule has 1 fully saturated rings. The van der Waals surface area contributed by atoms with Crippen LogP contribution in [-0.2, 0) is 0 Å². The molecule has 0 unspecified atom stereocenters. The molecule has 2 nitrogen and oxygen atoms in total. The van der Waals surface area contributed by atoms with Crippen molar-refractivity contribution in [1.29, 1.82) is 0 Å². The minimum atomic E-state index is -0.424. The average molecular weight is 326 g/mol. The standard InChI is InChI=1S/C16H24BrNO/c1-12(19)15-9-8-14(10-16(15)17)18(2)11-13-6-4-3-5-7-13/h8-10,12-13,19H,3-7,11H2,1-2H3/t12-/m0/s1. The van der Waals surface area contributed by atoms with E-state index in [1.54, 1.807) is 6.92 Å². The van der Waals surface area contributed by atoms with Crippen molar-refractivity contribution in [2.45, 2.75) is 45.1 Å². The Morgan fingerprint density at radius 3 is 2.58 bits per heavy atom. The number of rotatable bonds is 4. The molecule has 0 radical (unpaired) electrons. The van der Waals surface area contributed by atoms with Gasteiger partial charge in [0.05, 0.1) is 6.10 Å². The quantitative estimate of drug-likeness (QED) is 0.879. The summed E-state index contributed by atoms with van der Waals surface area (Å²) in [4.78, 5) is 2.34. The van der Waals surface area contributed by atoms with Crippen molar-refractivity contribution in [3.8, 4) is 0 Å². The van der Waals surface area contributed by atoms with Crippen LogP contribution < -0.4 is 4.90 Å². The summed E-state index contributed by atoms with van der Waals surface area (Å²) in [5, 5.41) is 9.65. The fourth-order valence-electron chi connectivity index (χ4n) is 2.95. The Kier molecular flexibility index (Phi) is 5.28. The van der Waals surface area contributed by atoms with Gasteiger partial charge in [0, 0.05) is 23.8 Å². The van der Waals surface area contributed by atoms with Gasteiger partial charge in [0.1, 0.15) is 0 Å². The van der Waals surface area contributed by atoms with Crippen LogP contribution in [0.3, 0.4) is 0 Å². The second-order valence-electron chi connectivity index (χ2n) is 5.77. The first-order valence-electron chi connectivity index (χ1n) is 7.26. The van der Waals surface area contributed by atoms with Gasteiger partial charge in [-0.15, -0.1) is 0 Å². The Morgan fingerprint density at radius 1 is 1.32 bits per heavy atom. The third-order valence-corrected chi connectivity index (χ3v) is 4.82. The van der Waals surface area contributed by atoms with Crippen LogP contribution in [0.4, 0.5) is 5.69 Å². The van der Waals surface area contributed by atoms with Gasteiger partial charge in [-0.1, -0.05) is 41.3 Å². The first-order valence-corrected chi connectivity index (χ1v) is 8.06. The Labute approximate surface area is 124 Å². The Bertz CT molecular complexity index is 413. The van der Waals surface area contributed by atoms with Gasteiger partial charge in [-0.3, -0.25) is 0 Å². The van der Waals surface area contributed by atoms with Crippen molar-refractivity contribution < 1.29 is 5.11 Å². The molecule has 0 spiro atoms. The number of aliphatic hydroxyl groups excluding tert-OH is 1. The summed E-state index contributed by atoms with van der Waals surface area (Å²) in [6.07, 6.45) is 6.52. The summed E-state index contributed by atoms with van der Waals surface area (Å²) < 4.78 is 0.996. The van der Waals surface area contributed by atoms with E-state index in [0.717, 1.165) is 22.5 Å². The van der Waals surface area contributed by atoms with Gasteiger partial charge in [-0.25, -0.2) is 0 Å². The molecule has 1 N–H and O–H groups in total. The number of benzene rings is 1. The highest BCUT2D eigenvalue weighted by atomic mass is 79.9. The number of nitrogens with zero attached hydrogens (tertiary/aromatic N) is 1. The third kappa shape index (κ3) is 3.96. The third-order valence-electron chi connectivity index (χ3n) is 4.13. The Morgan fingerprint density at radius 2 is 2.00 bits per heavy atom. The van der Waals surface area contributed by atoms with Crippen molar-refractivity contribution in [2.75, 3.05) is 18.5 Å². The summed E-state index contributed by atoms with van der Waals surface area (Å²) in [6, 6.07) is 6.24. The van der Waals surface area contributed by atoms with Crippen LogP contribution in [0.1, 0.15) is 50.7 Å². The number of hydrogen-bond acceptors (Lipinski definition) is 2. The van der Waals surface area contributed by atoms with Crippen LogP contribution in [-0.4, -0.2) is 18.7 Å². The molecule has 2 rings (SSSR count). The van der Waals surface area contributed by atoms with Gasteiger partial charge in [0.2, 0.25) is 0 Å². The van der Waals surface area contributed by atoms with Crippen molar-refractivity contribution in [2.24, 2.45) is 5.92 Å². The van der Waals surface area contributed by atoms with E-state index in [0.29, 0.717) is 0 Å². The molecular formula is C16H24BrNO. The normalized spacial score (nSPS) is 18.3. The molecule has 1 aliphatic rings. The molecule has 3 heteroatoms. The van der Waals surface area contributed by atoms with Crippen LogP contribution >= 0.6 is 15.9 Å². The molecule has 1 aromatic rings. The molecule has 19 heavy (non-hydrogen) atoms. The van der Waals surface area contributed by atoms with E-state index in [9.17, 15) is 5.11 Å². The highest BCUT2D eigenvalue weighted by Crippen LogP contribution is 2.30. The van der Waals surface area contributed by atoms with E-state index in [4.69, 9.17) is 0 Å². The summed E-state index contributed by atoms with van der Waals surface area (Å²) in [5.74, 6) is 0.842. The maximum Gasteiger partial charge on any atom is 0.0772 e. The van der Waals surface area contributed by atoms with Gasteiger partial charge >= 0.3 is 0 Å². The van der Waals surface area contributed by atoms with E-state index in [2.05, 4.69) is 40.0 Å². The number of aliphatic hydroxyl groups is 1. The van der Waals surface area contributed by atoms with Gasteiger partial charge in [0.15, 0.2) is 0 Å². The maximum atomic E-state index is 9.65. The smallest absolute Gasteiger partial charge is 0.0772 e. The lowest BCUT2D eigenvalue weighted by Gasteiger charge is -2.28. The second kappa shape index (κ2) is 6.76. The number of halogens is 1. The Balaban J connectivity index is 2.02. The van der Waals surface area contributed by atoms with Gasteiger partial charge < -0.3 is 10.0 Å². The predicted octanol–water partition coefficient (Wildman–Crippen LogP) is 4.52. The van der Waals surface area contributed by atoms with Crippen molar-refractivity contribution in [3.63, 3.8) is 0 Å². The molecule has 1 aromatic carbocycles. The van der Waals surface area contributed by atoms with E-state index < -0.39 is 6.10 Å². The monoisotopic (exact) mass is 325 g/mol. The van der Waals surface area contributed by atoms with Gasteiger partial charge in [0.25, 0.3) is 0 Å². The van der Waals surface area contributed by atoms with Gasteiger partial charge in [-0.05, 0) is 43.4 Å². The van der Waals surface area contributed by atoms with Crippen LogP contribution in [0.25, 0.3) is 0 Å². The zero-order chi connectivity index (χ0) is 13.8. The summed E-state index contributed by atoms with van der Waals surface area (Å²) in [6.45, 7) is 2.94. The molecule has 0 bridgehead atoms. The summed E-state index contributed by atoms with van der Waals surface area (Å²) in [7, 11) is 2.17. The molecular weight excluding hydrogens is 302 g/mol. The SMILES string of the molecule is C[C@H](O)c1ccc(N(C)CC2CCCCC2)cc1Br. The van der Waals surface area contributed by atoms with Gasteiger partial charge in [-0.2, -0.15) is 0 Å². The van der Waals surface area contributed by atoms with Crippen LogP contribution in [0.5, 0.6) is 0 Å². The lowest BCUT2D eigenvalue weighted by Crippen LogP contribution is -2.26. The second-order valence-corrected chi connectivity index (χ2v) is 6.62. The molecule has 0 aromatic heterocycles. The van der Waals surface area contributed by atoms with Crippen LogP contribution in [0.2, 0.25) is 0 Å². The van der Waals surface area contributed by atoms with E-state index >= 15 is 0 Å². The van der Waals surface area contributed by atoms with E-state index in [-0.39, 0.29) is 0 Å². The van der Waals surface area contributed by atoms with E-state index in [1.807, 2.05) is 6.07 Å². The number of hydrogen-bond donors (Lipinski definition) is 1. The average Bonchev–Trinajstić information content (AvgIpc) is 2.39. The van der Waals surface area contributed by atoms with E-state index in [1.165, 1.54) is 37.8 Å². The van der Waals surface area contributed by atoms with Crippen LogP contribution in [0, 0.1) is 5.92 Å². The lowest BCUT2D eigenvalue weighted by atomic mass is 9.89. The molecule has 0 amide bonds. The molecule has 1 atom stereocenters. The largest absolute Gasteiger partial charge is 0.389 e. The van der Waals surface area contributed by atoms with Crippen molar-refractivity contribution in [1.82, 2.24) is 0 Å². The zero-order valence-electron chi connectivity index (χ0n) is 11.9. The van der Waals surface area contributed by atoms with Crippen LogP contribution in [0.15, 0.2) is 22.7 Å². The molecule has 0 aliphatic heterocycles. The summed E-state index contributed by atoms with van der Waals surface area (Å²) >= 11 is 3.55. The van der Waals surface area contributed by atoms with Crippen molar-refractivity contribution >= 4 is 21.6 Å². The molecule has 0 saturated heterocycles. The highest BCUT2D eigenvalue weighted by Gasteiger charge is 2.16. The number of anilines is 1. The first kappa shape index (κ1) is 14.9.